The van der Waals surface area contributed by atoms with Crippen molar-refractivity contribution in [2.45, 2.75) is 6.42 Å². The molecular formula is C14H17N3O4S3. The number of ketones is 1. The van der Waals surface area contributed by atoms with E-state index in [1.54, 1.807) is 35.6 Å². The lowest BCUT2D eigenvalue weighted by molar-refractivity contribution is -0.123. The highest BCUT2D eigenvalue weighted by atomic mass is 32.2. The second kappa shape index (κ2) is 7.51. The van der Waals surface area contributed by atoms with E-state index >= 15 is 0 Å². The lowest BCUT2D eigenvalue weighted by atomic mass is 10.1. The normalized spacial score (nSPS) is 14.9. The first-order valence-corrected chi connectivity index (χ1v) is 10.8. The molecule has 0 aromatic carbocycles. The van der Waals surface area contributed by atoms with Crippen LogP contribution in [0.3, 0.4) is 0 Å². The third-order valence-electron chi connectivity index (χ3n) is 3.25. The van der Waals surface area contributed by atoms with Crippen LogP contribution >= 0.6 is 23.1 Å². The van der Waals surface area contributed by atoms with Crippen LogP contribution in [0, 0.1) is 0 Å². The number of hydrogen-bond donors (Lipinski definition) is 1. The van der Waals surface area contributed by atoms with Crippen LogP contribution in [-0.2, 0) is 14.8 Å². The van der Waals surface area contributed by atoms with E-state index in [1.807, 2.05) is 5.38 Å². The Labute approximate surface area is 148 Å². The predicted octanol–water partition coefficient (Wildman–Crippen LogP) is 1.39. The molecule has 1 aromatic heterocycles. The highest BCUT2D eigenvalue weighted by molar-refractivity contribution is 8.02. The van der Waals surface area contributed by atoms with Gasteiger partial charge in [0.25, 0.3) is 5.91 Å². The fourth-order valence-electron chi connectivity index (χ4n) is 2.12. The third kappa shape index (κ3) is 4.07. The molecule has 2 N–H and O–H groups in total. The first-order valence-electron chi connectivity index (χ1n) is 6.82. The first-order chi connectivity index (χ1) is 11.3. The molecule has 10 heteroatoms. The summed E-state index contributed by atoms with van der Waals surface area (Å²) in [5.74, 6) is 4.54. The van der Waals surface area contributed by atoms with Gasteiger partial charge in [-0.1, -0.05) is 12.1 Å². The number of sulfonamides is 1. The number of carbonyl (C=O) groups excluding carboxylic acids is 2. The number of rotatable bonds is 6. The molecule has 130 valence electrons. The number of allylic oxidation sites excluding steroid dienone is 1. The Morgan fingerprint density at radius 1 is 1.46 bits per heavy atom. The van der Waals surface area contributed by atoms with Gasteiger partial charge >= 0.3 is 0 Å². The number of thiophene rings is 1. The van der Waals surface area contributed by atoms with E-state index in [0.29, 0.717) is 9.91 Å². The van der Waals surface area contributed by atoms with Gasteiger partial charge in [0.05, 0.1) is 28.3 Å². The molecular weight excluding hydrogens is 370 g/mol. The Bertz CT molecular complexity index is 797. The quantitative estimate of drug-likeness (QED) is 0.341. The highest BCUT2D eigenvalue weighted by Crippen LogP contribution is 2.30. The summed E-state index contributed by atoms with van der Waals surface area (Å²) in [6.07, 6.45) is 6.29. The Morgan fingerprint density at radius 2 is 2.17 bits per heavy atom. The maximum absolute atomic E-state index is 12.4. The molecule has 1 aliphatic heterocycles. The molecule has 2 rings (SSSR count). The van der Waals surface area contributed by atoms with Gasteiger partial charge < -0.3 is 4.90 Å². The number of Topliss-reactive ketones (excluding diaryl/α,β-unsaturated/α-hetero) is 1. The van der Waals surface area contributed by atoms with Crippen LogP contribution in [0.15, 0.2) is 40.4 Å². The van der Waals surface area contributed by atoms with E-state index in [4.69, 9.17) is 5.84 Å². The zero-order valence-corrected chi connectivity index (χ0v) is 15.6. The Hall–Kier alpha value is -1.62. The van der Waals surface area contributed by atoms with Gasteiger partial charge in [-0.3, -0.25) is 9.59 Å². The number of nitrogens with two attached hydrogens (primary N) is 1. The molecule has 0 radical (unpaired) electrons. The number of carbonyl (C=O) groups is 2. The molecule has 7 nitrogen and oxygen atoms in total. The maximum atomic E-state index is 12.4. The van der Waals surface area contributed by atoms with Crippen LogP contribution in [-0.4, -0.2) is 48.5 Å². The zero-order chi connectivity index (χ0) is 17.9. The van der Waals surface area contributed by atoms with E-state index in [-0.39, 0.29) is 28.7 Å². The van der Waals surface area contributed by atoms with Crippen molar-refractivity contribution in [2.75, 3.05) is 19.1 Å². The molecule has 0 unspecified atom stereocenters. The van der Waals surface area contributed by atoms with Gasteiger partial charge in [0.1, 0.15) is 0 Å². The fourth-order valence-corrected chi connectivity index (χ4v) is 3.97. The maximum Gasteiger partial charge on any atom is 0.280 e. The first kappa shape index (κ1) is 18.7. The molecule has 0 saturated carbocycles. The summed E-state index contributed by atoms with van der Waals surface area (Å²) >= 11 is 2.61. The molecule has 1 aromatic rings. The number of hydrazine groups is 1. The van der Waals surface area contributed by atoms with Crippen molar-refractivity contribution < 1.29 is 18.0 Å². The van der Waals surface area contributed by atoms with Crippen molar-refractivity contribution in [2.24, 2.45) is 5.84 Å². The Morgan fingerprint density at radius 3 is 2.71 bits per heavy atom. The van der Waals surface area contributed by atoms with Crippen molar-refractivity contribution in [1.29, 1.82) is 0 Å². The predicted molar refractivity (Wildman–Crippen MR) is 95.5 cm³/mol. The average molecular weight is 388 g/mol. The van der Waals surface area contributed by atoms with E-state index in [0.717, 1.165) is 6.26 Å². The summed E-state index contributed by atoms with van der Waals surface area (Å²) in [4.78, 5) is 26.9. The van der Waals surface area contributed by atoms with Gasteiger partial charge in [-0.25, -0.2) is 14.3 Å². The molecule has 24 heavy (non-hydrogen) atoms. The molecule has 0 saturated heterocycles. The number of thioether (sulfide) groups is 1. The van der Waals surface area contributed by atoms with Crippen LogP contribution in [0.4, 0.5) is 0 Å². The van der Waals surface area contributed by atoms with Gasteiger partial charge in [-0.05, 0) is 17.7 Å². The van der Waals surface area contributed by atoms with Crippen molar-refractivity contribution in [3.63, 3.8) is 0 Å². The lowest BCUT2D eigenvalue weighted by Gasteiger charge is -2.28. The van der Waals surface area contributed by atoms with Crippen LogP contribution in [0.1, 0.15) is 16.1 Å². The van der Waals surface area contributed by atoms with Crippen molar-refractivity contribution in [1.82, 2.24) is 9.31 Å². The van der Waals surface area contributed by atoms with Gasteiger partial charge in [0.2, 0.25) is 10.0 Å². The molecule has 1 amide bonds. The SMILES string of the molecule is CSC1=C(C(=O)N(N)S(C)(=O)=O)CC=CN1CC(=O)c1cccs1. The molecule has 0 aliphatic carbocycles. The van der Waals surface area contributed by atoms with Gasteiger partial charge in [0, 0.05) is 12.6 Å². The summed E-state index contributed by atoms with van der Waals surface area (Å²) in [5, 5.41) is 2.34. The van der Waals surface area contributed by atoms with Gasteiger partial charge in [-0.2, -0.15) is 4.41 Å². The second-order valence-electron chi connectivity index (χ2n) is 4.97. The fraction of sp³-hybridized carbons (Fsp3) is 0.286. The summed E-state index contributed by atoms with van der Waals surface area (Å²) in [5.41, 5.74) is 0.247. The highest BCUT2D eigenvalue weighted by Gasteiger charge is 2.29. The Kier molecular flexibility index (Phi) is 5.86. The monoisotopic (exact) mass is 387 g/mol. The molecule has 0 atom stereocenters. The van der Waals surface area contributed by atoms with E-state index in [9.17, 15) is 18.0 Å². The molecule has 2 heterocycles. The summed E-state index contributed by atoms with van der Waals surface area (Å²) in [6.45, 7) is 0.0629. The minimum atomic E-state index is -3.85. The molecule has 1 aliphatic rings. The Balaban J connectivity index is 2.28. The largest absolute Gasteiger partial charge is 0.335 e. The number of hydrogen-bond acceptors (Lipinski definition) is 8. The number of nitrogens with zero attached hydrogens (tertiary/aromatic N) is 2. The standard InChI is InChI=1S/C14H17N3O4S3/c1-22-14-10(13(19)17(15)24(2,20)21)5-3-7-16(14)9-11(18)12-6-4-8-23-12/h3-4,6-8H,5,9,15H2,1-2H3. The van der Waals surface area contributed by atoms with Crippen LogP contribution in [0.5, 0.6) is 0 Å². The number of amides is 1. The van der Waals surface area contributed by atoms with E-state index < -0.39 is 15.9 Å². The third-order valence-corrected chi connectivity index (χ3v) is 5.90. The van der Waals surface area contributed by atoms with Crippen molar-refractivity contribution in [3.8, 4) is 0 Å². The van der Waals surface area contributed by atoms with Crippen molar-refractivity contribution in [3.05, 3.63) is 45.3 Å². The minimum absolute atomic E-state index is 0.0629. The van der Waals surface area contributed by atoms with E-state index in [2.05, 4.69) is 0 Å². The summed E-state index contributed by atoms with van der Waals surface area (Å²) in [7, 11) is -3.85. The van der Waals surface area contributed by atoms with E-state index in [1.165, 1.54) is 23.1 Å². The topological polar surface area (TPSA) is 101 Å². The second-order valence-corrected chi connectivity index (χ2v) is 8.57. The molecule has 0 bridgehead atoms. The van der Waals surface area contributed by atoms with Crippen LogP contribution in [0.2, 0.25) is 0 Å². The molecule has 0 fully saturated rings. The summed E-state index contributed by atoms with van der Waals surface area (Å²) in [6, 6.07) is 3.53. The lowest BCUT2D eigenvalue weighted by Crippen LogP contribution is -2.43. The smallest absolute Gasteiger partial charge is 0.280 e. The minimum Gasteiger partial charge on any atom is -0.335 e. The average Bonchev–Trinajstić information content (AvgIpc) is 3.06. The van der Waals surface area contributed by atoms with Crippen LogP contribution < -0.4 is 5.84 Å². The van der Waals surface area contributed by atoms with Crippen LogP contribution in [0.25, 0.3) is 0 Å². The summed E-state index contributed by atoms with van der Waals surface area (Å²) < 4.78 is 23.2. The molecule has 0 spiro atoms. The zero-order valence-electron chi connectivity index (χ0n) is 13.1. The van der Waals surface area contributed by atoms with Crippen molar-refractivity contribution >= 4 is 44.8 Å². The van der Waals surface area contributed by atoms with Gasteiger partial charge in [0.15, 0.2) is 5.78 Å². The van der Waals surface area contributed by atoms with Gasteiger partial charge in [-0.15, -0.1) is 23.1 Å².